The van der Waals surface area contributed by atoms with Crippen molar-refractivity contribution in [3.8, 4) is 0 Å². The maximum Gasteiger partial charge on any atom is 0.139 e. The molecule has 1 aliphatic rings. The smallest absolute Gasteiger partial charge is 0.139 e. The van der Waals surface area contributed by atoms with E-state index in [4.69, 9.17) is 0 Å². The molecule has 1 aliphatic carbocycles. The van der Waals surface area contributed by atoms with Crippen molar-refractivity contribution < 1.29 is 9.59 Å². The summed E-state index contributed by atoms with van der Waals surface area (Å²) < 4.78 is 0. The number of carbonyl (C=O) groups excluding carboxylic acids is 2. The van der Waals surface area contributed by atoms with Crippen LogP contribution >= 0.6 is 0 Å². The van der Waals surface area contributed by atoms with E-state index in [-0.39, 0.29) is 17.6 Å². The second-order valence-corrected chi connectivity index (χ2v) is 4.54. The van der Waals surface area contributed by atoms with Gasteiger partial charge < -0.3 is 4.79 Å². The van der Waals surface area contributed by atoms with Gasteiger partial charge in [-0.05, 0) is 19.8 Å². The van der Waals surface area contributed by atoms with Gasteiger partial charge in [0.1, 0.15) is 11.6 Å². The molecule has 0 aromatic heterocycles. The summed E-state index contributed by atoms with van der Waals surface area (Å²) in [6, 6.07) is 0. The topological polar surface area (TPSA) is 34.1 Å². The summed E-state index contributed by atoms with van der Waals surface area (Å²) >= 11 is 0. The van der Waals surface area contributed by atoms with Crippen molar-refractivity contribution in [2.75, 3.05) is 0 Å². The molecule has 2 heteroatoms. The van der Waals surface area contributed by atoms with Crippen molar-refractivity contribution in [3.63, 3.8) is 0 Å². The number of carbonyl (C=O) groups is 2. The fourth-order valence-electron chi connectivity index (χ4n) is 2.32. The van der Waals surface area contributed by atoms with E-state index in [2.05, 4.69) is 0 Å². The van der Waals surface area contributed by atoms with Crippen LogP contribution in [0.4, 0.5) is 0 Å². The van der Waals surface area contributed by atoms with Crippen LogP contribution in [0.3, 0.4) is 0 Å². The summed E-state index contributed by atoms with van der Waals surface area (Å²) in [5, 5.41) is 0. The zero-order chi connectivity index (χ0) is 10.6. The van der Waals surface area contributed by atoms with E-state index in [0.717, 1.165) is 12.8 Å². The molecule has 80 valence electrons. The lowest BCUT2D eigenvalue weighted by atomic mass is 9.81. The predicted octanol–water partition coefficient (Wildman–Crippen LogP) is 2.75. The third kappa shape index (κ3) is 3.24. The zero-order valence-corrected chi connectivity index (χ0v) is 9.21. The van der Waals surface area contributed by atoms with Gasteiger partial charge in [-0.1, -0.05) is 26.2 Å². The van der Waals surface area contributed by atoms with Crippen LogP contribution in [0.25, 0.3) is 0 Å². The Labute approximate surface area is 86.1 Å². The molecule has 0 N–H and O–H groups in total. The zero-order valence-electron chi connectivity index (χ0n) is 9.21. The summed E-state index contributed by atoms with van der Waals surface area (Å²) in [6.45, 7) is 3.45. The first-order chi connectivity index (χ1) is 6.61. The van der Waals surface area contributed by atoms with Crippen molar-refractivity contribution in [2.45, 2.75) is 52.4 Å². The second-order valence-electron chi connectivity index (χ2n) is 4.54. The van der Waals surface area contributed by atoms with Crippen molar-refractivity contribution >= 4 is 11.6 Å². The molecule has 0 spiro atoms. The molecule has 0 saturated heterocycles. The van der Waals surface area contributed by atoms with E-state index in [1.807, 2.05) is 6.92 Å². The monoisotopic (exact) mass is 196 g/mol. The Balaban J connectivity index is 2.42. The number of hydrogen-bond donors (Lipinski definition) is 0. The van der Waals surface area contributed by atoms with Crippen LogP contribution in [0.15, 0.2) is 0 Å². The molecular weight excluding hydrogens is 176 g/mol. The Bertz CT molecular complexity index is 214. The lowest BCUT2D eigenvalue weighted by molar-refractivity contribution is -0.130. The van der Waals surface area contributed by atoms with E-state index < -0.39 is 0 Å². The Hall–Kier alpha value is -0.660. The van der Waals surface area contributed by atoms with Gasteiger partial charge in [0, 0.05) is 18.3 Å². The van der Waals surface area contributed by atoms with E-state index in [0.29, 0.717) is 12.2 Å². The standard InChI is InChI=1S/C12H20O2/c1-9(8-10(2)13)12(14)11-6-4-3-5-7-11/h9,11H,3-8H2,1-2H3. The highest BCUT2D eigenvalue weighted by Crippen LogP contribution is 2.27. The quantitative estimate of drug-likeness (QED) is 0.692. The molecule has 1 unspecified atom stereocenters. The lowest BCUT2D eigenvalue weighted by Gasteiger charge is -2.22. The van der Waals surface area contributed by atoms with E-state index in [1.54, 1.807) is 6.92 Å². The maximum atomic E-state index is 11.9. The first-order valence-electron chi connectivity index (χ1n) is 5.64. The second kappa shape index (κ2) is 5.28. The van der Waals surface area contributed by atoms with Crippen LogP contribution < -0.4 is 0 Å². The Morgan fingerprint density at radius 1 is 1.21 bits per heavy atom. The largest absolute Gasteiger partial charge is 0.300 e. The molecule has 0 aromatic rings. The molecule has 1 fully saturated rings. The van der Waals surface area contributed by atoms with Crippen LogP contribution in [0.2, 0.25) is 0 Å². The summed E-state index contributed by atoms with van der Waals surface area (Å²) in [5.74, 6) is 0.634. The molecule has 1 saturated carbocycles. The fraction of sp³-hybridized carbons (Fsp3) is 0.833. The van der Waals surface area contributed by atoms with Crippen molar-refractivity contribution in [1.82, 2.24) is 0 Å². The van der Waals surface area contributed by atoms with Crippen molar-refractivity contribution in [3.05, 3.63) is 0 Å². The van der Waals surface area contributed by atoms with Gasteiger partial charge >= 0.3 is 0 Å². The molecule has 0 radical (unpaired) electrons. The summed E-state index contributed by atoms with van der Waals surface area (Å²) in [4.78, 5) is 22.8. The lowest BCUT2D eigenvalue weighted by Crippen LogP contribution is -2.25. The molecule has 0 aromatic carbocycles. The van der Waals surface area contributed by atoms with Crippen molar-refractivity contribution in [1.29, 1.82) is 0 Å². The van der Waals surface area contributed by atoms with Gasteiger partial charge in [-0.25, -0.2) is 0 Å². The molecular formula is C12H20O2. The number of rotatable bonds is 4. The Morgan fingerprint density at radius 2 is 1.79 bits per heavy atom. The Morgan fingerprint density at radius 3 is 2.29 bits per heavy atom. The first kappa shape index (κ1) is 11.4. The van der Waals surface area contributed by atoms with Gasteiger partial charge in [-0.15, -0.1) is 0 Å². The highest BCUT2D eigenvalue weighted by Gasteiger charge is 2.25. The minimum Gasteiger partial charge on any atom is -0.300 e. The SMILES string of the molecule is CC(=O)CC(C)C(=O)C1CCCCC1. The number of hydrogen-bond acceptors (Lipinski definition) is 2. The van der Waals surface area contributed by atoms with Gasteiger partial charge in [-0.2, -0.15) is 0 Å². The summed E-state index contributed by atoms with van der Waals surface area (Å²) in [7, 11) is 0. The molecule has 1 atom stereocenters. The normalized spacial score (nSPS) is 20.4. The predicted molar refractivity (Wildman–Crippen MR) is 56.0 cm³/mol. The van der Waals surface area contributed by atoms with E-state index in [1.165, 1.54) is 19.3 Å². The molecule has 0 aliphatic heterocycles. The van der Waals surface area contributed by atoms with Gasteiger partial charge in [0.15, 0.2) is 0 Å². The molecule has 14 heavy (non-hydrogen) atoms. The van der Waals surface area contributed by atoms with Crippen LogP contribution in [-0.4, -0.2) is 11.6 Å². The molecule has 2 nitrogen and oxygen atoms in total. The average molecular weight is 196 g/mol. The highest BCUT2D eigenvalue weighted by molar-refractivity contribution is 5.88. The van der Waals surface area contributed by atoms with Gasteiger partial charge in [-0.3, -0.25) is 4.79 Å². The maximum absolute atomic E-state index is 11.9. The third-order valence-electron chi connectivity index (χ3n) is 3.09. The van der Waals surface area contributed by atoms with Gasteiger partial charge in [0.2, 0.25) is 0 Å². The number of ketones is 2. The fourth-order valence-corrected chi connectivity index (χ4v) is 2.32. The molecule has 1 rings (SSSR count). The minimum atomic E-state index is -0.0596. The molecule has 0 bridgehead atoms. The highest BCUT2D eigenvalue weighted by atomic mass is 16.1. The molecule has 0 heterocycles. The van der Waals surface area contributed by atoms with Crippen LogP contribution in [0, 0.1) is 11.8 Å². The average Bonchev–Trinajstić information content (AvgIpc) is 2.17. The Kier molecular flexibility index (Phi) is 4.30. The third-order valence-corrected chi connectivity index (χ3v) is 3.09. The van der Waals surface area contributed by atoms with Crippen LogP contribution in [0.5, 0.6) is 0 Å². The first-order valence-corrected chi connectivity index (χ1v) is 5.64. The van der Waals surface area contributed by atoms with Gasteiger partial charge in [0.25, 0.3) is 0 Å². The summed E-state index contributed by atoms with van der Waals surface area (Å²) in [5.41, 5.74) is 0. The minimum absolute atomic E-state index is 0.0596. The van der Waals surface area contributed by atoms with E-state index >= 15 is 0 Å². The summed E-state index contributed by atoms with van der Waals surface area (Å²) in [6.07, 6.45) is 6.15. The van der Waals surface area contributed by atoms with E-state index in [9.17, 15) is 9.59 Å². The van der Waals surface area contributed by atoms with Crippen LogP contribution in [0.1, 0.15) is 52.4 Å². The van der Waals surface area contributed by atoms with Gasteiger partial charge in [0.05, 0.1) is 0 Å². The molecule has 0 amide bonds. The van der Waals surface area contributed by atoms with Crippen LogP contribution in [-0.2, 0) is 9.59 Å². The number of Topliss-reactive ketones (excluding diaryl/α,β-unsaturated/α-hetero) is 2. The van der Waals surface area contributed by atoms with Crippen molar-refractivity contribution in [2.24, 2.45) is 11.8 Å².